The van der Waals surface area contributed by atoms with Crippen LogP contribution in [-0.4, -0.2) is 17.8 Å². The summed E-state index contributed by atoms with van der Waals surface area (Å²) in [6.07, 6.45) is -0.318. The lowest BCUT2D eigenvalue weighted by Gasteiger charge is -2.09. The second-order valence-corrected chi connectivity index (χ2v) is 5.40. The summed E-state index contributed by atoms with van der Waals surface area (Å²) in [5.41, 5.74) is 3.60. The van der Waals surface area contributed by atoms with Crippen molar-refractivity contribution in [2.75, 3.05) is 6.54 Å². The number of hydrogen-bond acceptors (Lipinski definition) is 3. The van der Waals surface area contributed by atoms with Crippen LogP contribution >= 0.6 is 0 Å². The lowest BCUT2D eigenvalue weighted by molar-refractivity contribution is 0.191. The average Bonchev–Trinajstić information content (AvgIpc) is 2.46. The number of aliphatic hydroxyl groups is 1. The van der Waals surface area contributed by atoms with Gasteiger partial charge in [0, 0.05) is 13.1 Å². The van der Waals surface area contributed by atoms with Gasteiger partial charge in [0.2, 0.25) is 0 Å². The van der Waals surface area contributed by atoms with Crippen molar-refractivity contribution in [1.82, 2.24) is 5.32 Å². The first-order valence-electron chi connectivity index (χ1n) is 7.29. The third-order valence-electron chi connectivity index (χ3n) is 3.18. The van der Waals surface area contributed by atoms with Gasteiger partial charge in [-0.3, -0.25) is 0 Å². The summed E-state index contributed by atoms with van der Waals surface area (Å²) >= 11 is 0. The van der Waals surface area contributed by atoms with Gasteiger partial charge in [0.15, 0.2) is 0 Å². The molecule has 0 saturated carbocycles. The Labute approximate surface area is 126 Å². The molecule has 0 fully saturated rings. The zero-order valence-electron chi connectivity index (χ0n) is 12.7. The number of aryl methyl sites for hydroxylation is 1. The molecule has 112 valence electrons. The molecule has 1 unspecified atom stereocenters. The van der Waals surface area contributed by atoms with Gasteiger partial charge in [-0.25, -0.2) is 0 Å². The summed E-state index contributed by atoms with van der Waals surface area (Å²) in [6, 6.07) is 16.4. The van der Waals surface area contributed by atoms with Crippen LogP contribution in [0.2, 0.25) is 0 Å². The summed E-state index contributed by atoms with van der Waals surface area (Å²) in [5, 5.41) is 12.4. The zero-order valence-corrected chi connectivity index (χ0v) is 12.7. The molecular formula is C18H23NO2. The zero-order chi connectivity index (χ0) is 15.1. The quantitative estimate of drug-likeness (QED) is 0.821. The summed E-state index contributed by atoms with van der Waals surface area (Å²) in [6.45, 7) is 5.80. The van der Waals surface area contributed by atoms with Gasteiger partial charge in [0.1, 0.15) is 12.4 Å². The van der Waals surface area contributed by atoms with Crippen LogP contribution in [-0.2, 0) is 13.2 Å². The Kier molecular flexibility index (Phi) is 5.78. The molecule has 3 nitrogen and oxygen atoms in total. The largest absolute Gasteiger partial charge is 0.489 e. The van der Waals surface area contributed by atoms with Crippen LogP contribution in [0.1, 0.15) is 23.6 Å². The van der Waals surface area contributed by atoms with E-state index in [4.69, 9.17) is 4.74 Å². The van der Waals surface area contributed by atoms with Gasteiger partial charge in [-0.05, 0) is 37.1 Å². The van der Waals surface area contributed by atoms with E-state index in [1.54, 1.807) is 6.92 Å². The van der Waals surface area contributed by atoms with Gasteiger partial charge >= 0.3 is 0 Å². The maximum Gasteiger partial charge on any atom is 0.119 e. The third-order valence-corrected chi connectivity index (χ3v) is 3.18. The highest BCUT2D eigenvalue weighted by molar-refractivity contribution is 5.28. The molecule has 0 radical (unpaired) electrons. The minimum absolute atomic E-state index is 0.318. The van der Waals surface area contributed by atoms with Gasteiger partial charge in [-0.1, -0.05) is 42.0 Å². The van der Waals surface area contributed by atoms with E-state index in [1.807, 2.05) is 30.3 Å². The molecule has 0 aliphatic rings. The van der Waals surface area contributed by atoms with Crippen molar-refractivity contribution in [3.8, 4) is 5.75 Å². The molecule has 2 N–H and O–H groups in total. The molecule has 0 heterocycles. The third kappa shape index (κ3) is 5.58. The first-order chi connectivity index (χ1) is 10.1. The van der Waals surface area contributed by atoms with Crippen LogP contribution in [0.5, 0.6) is 5.75 Å². The normalized spacial score (nSPS) is 12.1. The predicted molar refractivity (Wildman–Crippen MR) is 85.3 cm³/mol. The van der Waals surface area contributed by atoms with Crippen LogP contribution in [0.4, 0.5) is 0 Å². The van der Waals surface area contributed by atoms with Crippen molar-refractivity contribution in [1.29, 1.82) is 0 Å². The summed E-state index contributed by atoms with van der Waals surface area (Å²) in [7, 11) is 0. The van der Waals surface area contributed by atoms with E-state index >= 15 is 0 Å². The van der Waals surface area contributed by atoms with Crippen molar-refractivity contribution in [3.63, 3.8) is 0 Å². The van der Waals surface area contributed by atoms with E-state index in [0.717, 1.165) is 12.3 Å². The SMILES string of the molecule is Cc1cccc(COc2ccc(CNCC(C)O)cc2)c1. The van der Waals surface area contributed by atoms with Gasteiger partial charge in [0.25, 0.3) is 0 Å². The number of benzene rings is 2. The molecule has 0 amide bonds. The molecule has 3 heteroatoms. The number of hydrogen-bond donors (Lipinski definition) is 2. The molecule has 0 spiro atoms. The smallest absolute Gasteiger partial charge is 0.119 e. The minimum atomic E-state index is -0.318. The number of aliphatic hydroxyl groups excluding tert-OH is 1. The summed E-state index contributed by atoms with van der Waals surface area (Å²) in [4.78, 5) is 0. The van der Waals surface area contributed by atoms with Crippen LogP contribution in [0.25, 0.3) is 0 Å². The standard InChI is InChI=1S/C18H23NO2/c1-14-4-3-5-17(10-14)13-21-18-8-6-16(7-9-18)12-19-11-15(2)20/h3-10,15,19-20H,11-13H2,1-2H3. The maximum absolute atomic E-state index is 9.19. The molecular weight excluding hydrogens is 262 g/mol. The maximum atomic E-state index is 9.19. The van der Waals surface area contributed by atoms with Gasteiger partial charge < -0.3 is 15.2 Å². The first-order valence-corrected chi connectivity index (χ1v) is 7.29. The number of nitrogens with one attached hydrogen (secondary N) is 1. The van der Waals surface area contributed by atoms with E-state index in [0.29, 0.717) is 13.2 Å². The molecule has 0 aliphatic heterocycles. The van der Waals surface area contributed by atoms with Gasteiger partial charge in [-0.2, -0.15) is 0 Å². The van der Waals surface area contributed by atoms with Crippen LogP contribution in [0, 0.1) is 6.92 Å². The lowest BCUT2D eigenvalue weighted by atomic mass is 10.1. The lowest BCUT2D eigenvalue weighted by Crippen LogP contribution is -2.23. The van der Waals surface area contributed by atoms with E-state index in [9.17, 15) is 5.11 Å². The van der Waals surface area contributed by atoms with Crippen molar-refractivity contribution >= 4 is 0 Å². The number of ether oxygens (including phenoxy) is 1. The Balaban J connectivity index is 1.82. The first kappa shape index (κ1) is 15.5. The monoisotopic (exact) mass is 285 g/mol. The topological polar surface area (TPSA) is 41.5 Å². The van der Waals surface area contributed by atoms with Crippen molar-refractivity contribution in [2.24, 2.45) is 0 Å². The average molecular weight is 285 g/mol. The van der Waals surface area contributed by atoms with Crippen molar-refractivity contribution in [3.05, 3.63) is 65.2 Å². The number of rotatable bonds is 7. The summed E-state index contributed by atoms with van der Waals surface area (Å²) in [5.74, 6) is 0.871. The van der Waals surface area contributed by atoms with E-state index in [2.05, 4.69) is 30.4 Å². The molecule has 2 rings (SSSR count). The molecule has 2 aromatic carbocycles. The Hall–Kier alpha value is -1.84. The predicted octanol–water partition coefficient (Wildman–Crippen LogP) is 3.04. The fourth-order valence-electron chi connectivity index (χ4n) is 2.10. The van der Waals surface area contributed by atoms with E-state index in [-0.39, 0.29) is 6.10 Å². The summed E-state index contributed by atoms with van der Waals surface area (Å²) < 4.78 is 5.78. The minimum Gasteiger partial charge on any atom is -0.489 e. The highest BCUT2D eigenvalue weighted by Crippen LogP contribution is 2.14. The molecule has 0 aromatic heterocycles. The molecule has 2 aromatic rings. The second kappa shape index (κ2) is 7.81. The molecule has 21 heavy (non-hydrogen) atoms. The van der Waals surface area contributed by atoms with E-state index < -0.39 is 0 Å². The fraction of sp³-hybridized carbons (Fsp3) is 0.333. The molecule has 0 aliphatic carbocycles. The fourth-order valence-corrected chi connectivity index (χ4v) is 2.10. The van der Waals surface area contributed by atoms with Crippen molar-refractivity contribution < 1.29 is 9.84 Å². The highest BCUT2D eigenvalue weighted by Gasteiger charge is 1.99. The molecule has 1 atom stereocenters. The Morgan fingerprint density at radius 1 is 1.10 bits per heavy atom. The van der Waals surface area contributed by atoms with Gasteiger partial charge in [0.05, 0.1) is 6.10 Å². The van der Waals surface area contributed by atoms with Gasteiger partial charge in [-0.15, -0.1) is 0 Å². The van der Waals surface area contributed by atoms with Crippen LogP contribution in [0.3, 0.4) is 0 Å². The highest BCUT2D eigenvalue weighted by atomic mass is 16.5. The molecule has 0 saturated heterocycles. The Morgan fingerprint density at radius 3 is 2.52 bits per heavy atom. The molecule has 0 bridgehead atoms. The van der Waals surface area contributed by atoms with Crippen LogP contribution < -0.4 is 10.1 Å². The Morgan fingerprint density at radius 2 is 1.86 bits per heavy atom. The van der Waals surface area contributed by atoms with E-state index in [1.165, 1.54) is 16.7 Å². The van der Waals surface area contributed by atoms with Crippen LogP contribution in [0.15, 0.2) is 48.5 Å². The Bertz CT molecular complexity index is 549. The second-order valence-electron chi connectivity index (χ2n) is 5.40. The van der Waals surface area contributed by atoms with Crippen molar-refractivity contribution in [2.45, 2.75) is 33.1 Å².